The molecule has 600 valence electrons. The predicted molar refractivity (Wildman–Crippen MR) is 525 cm³/mol. The molecule has 6 nitrogen and oxygen atoms in total. The van der Waals surface area contributed by atoms with Gasteiger partial charge in [0.15, 0.2) is 0 Å². The minimum atomic E-state index is -0.446. The number of aromatic nitrogens is 4. The van der Waals surface area contributed by atoms with E-state index >= 15 is 0 Å². The van der Waals surface area contributed by atoms with E-state index < -0.39 is 38.8 Å². The van der Waals surface area contributed by atoms with E-state index in [2.05, 4.69) is 424 Å². The zero-order chi connectivity index (χ0) is 83.0. The van der Waals surface area contributed by atoms with Crippen molar-refractivity contribution in [2.24, 2.45) is 0 Å². The maximum atomic E-state index is 6.08. The Morgan fingerprint density at radius 3 is 0.777 bits per heavy atom. The van der Waals surface area contributed by atoms with Gasteiger partial charge in [-0.3, -0.25) is 9.97 Å². The molecule has 1 fully saturated rings. The van der Waals surface area contributed by atoms with Crippen molar-refractivity contribution in [3.8, 4) is 11.1 Å². The maximum Gasteiger partial charge on any atom is 0.498 e. The first-order chi connectivity index (χ1) is 58.8. The first-order valence-electron chi connectivity index (χ1n) is 39.6. The van der Waals surface area contributed by atoms with Crippen LogP contribution in [0, 0.1) is 0 Å². The average molecular weight is 1840 g/mol. The number of benzene rings is 14. The Morgan fingerprint density at radius 2 is 0.512 bits per heavy atom. The third-order valence-corrected chi connectivity index (χ3v) is 30.7. The van der Waals surface area contributed by atoms with Crippen molar-refractivity contribution in [3.63, 3.8) is 0 Å². The third kappa shape index (κ3) is 25.6. The van der Waals surface area contributed by atoms with Gasteiger partial charge in [-0.05, 0) is 188 Å². The van der Waals surface area contributed by atoms with E-state index in [9.17, 15) is 0 Å². The van der Waals surface area contributed by atoms with E-state index in [1.807, 2.05) is 88.6 Å². The van der Waals surface area contributed by atoms with Gasteiger partial charge in [-0.15, -0.1) is 0 Å². The number of hydrogen-bond acceptors (Lipinski definition) is 6. The van der Waals surface area contributed by atoms with Crippen molar-refractivity contribution in [2.75, 3.05) is 0 Å². The molecule has 0 unspecified atom stereocenters. The van der Waals surface area contributed by atoms with Gasteiger partial charge in [-0.2, -0.15) is 0 Å². The second-order valence-electron chi connectivity index (χ2n) is 28.5. The van der Waals surface area contributed by atoms with Crippen LogP contribution in [0.3, 0.4) is 0 Å². The Labute approximate surface area is 750 Å². The van der Waals surface area contributed by atoms with Crippen molar-refractivity contribution >= 4 is 169 Å². The number of nitrogens with zero attached hydrogens (tertiary/aromatic N) is 4. The van der Waals surface area contributed by atoms with Crippen LogP contribution in [0.15, 0.2) is 478 Å². The molecule has 18 aromatic rings. The van der Waals surface area contributed by atoms with Gasteiger partial charge in [-0.1, -0.05) is 427 Å². The van der Waals surface area contributed by atoms with Crippen molar-refractivity contribution in [1.82, 2.24) is 19.9 Å². The Bertz CT molecular complexity index is 5200. The molecular formula is C106H90BBrCl2N4O2P4Pd. The van der Waals surface area contributed by atoms with E-state index in [0.717, 1.165) is 26.4 Å². The Morgan fingerprint density at radius 1 is 0.264 bits per heavy atom. The Balaban J connectivity index is 0.000000130. The van der Waals surface area contributed by atoms with Crippen LogP contribution in [0.1, 0.15) is 27.7 Å². The maximum absolute atomic E-state index is 6.08. The van der Waals surface area contributed by atoms with Crippen LogP contribution in [0.5, 0.6) is 0 Å². The molecule has 0 N–H and O–H groups in total. The molecule has 0 bridgehead atoms. The van der Waals surface area contributed by atoms with Gasteiger partial charge in [0.25, 0.3) is 0 Å². The Hall–Kier alpha value is -10.4. The summed E-state index contributed by atoms with van der Waals surface area (Å²) in [6.45, 7) is 8.04. The molecule has 15 heteroatoms. The Kier molecular flexibility index (Phi) is 34.6. The standard InChI is InChI=1S/4C18H15P.C14H9ClN2.C11H15BClNO2.C9H6BrN.Pd/c4*1-4-10-16(11-5-1)19(17-12-6-2-7-13-17)18-14-8-3-9-15-18;15-14-13(2-1-6-17-14)11-4-3-10-5-7-16-9-12(10)8-11;1-10(2)11(3,4)16-12(15-10)8-6-5-7-14-9(8)13;10-9-2-1-7-3-4-11-6-8(7)5-9;/h4*1-15H;1-9H;5-7H,1-4H3;1-6H;. The summed E-state index contributed by atoms with van der Waals surface area (Å²) in [7, 11) is -2.22. The quantitative estimate of drug-likeness (QED) is 0.0614. The van der Waals surface area contributed by atoms with Gasteiger partial charge >= 0.3 is 7.12 Å². The molecule has 0 atom stereocenters. The van der Waals surface area contributed by atoms with Gasteiger partial charge in [0.1, 0.15) is 10.3 Å². The van der Waals surface area contributed by atoms with Crippen LogP contribution in [0.2, 0.25) is 10.3 Å². The summed E-state index contributed by atoms with van der Waals surface area (Å²) >= 11 is 15.5. The molecule has 1 aliphatic heterocycles. The molecule has 0 saturated carbocycles. The van der Waals surface area contributed by atoms with Crippen LogP contribution in [-0.4, -0.2) is 38.3 Å². The molecule has 1 aliphatic rings. The smallest absolute Gasteiger partial charge is 0.399 e. The summed E-state index contributed by atoms with van der Waals surface area (Å²) in [5.74, 6) is 0. The van der Waals surface area contributed by atoms with Crippen LogP contribution < -0.4 is 69.1 Å². The number of halogens is 3. The van der Waals surface area contributed by atoms with Crippen LogP contribution >= 0.6 is 70.8 Å². The summed E-state index contributed by atoms with van der Waals surface area (Å²) < 4.78 is 12.9. The molecule has 0 radical (unpaired) electrons. The minimum Gasteiger partial charge on any atom is -0.399 e. The zero-order valence-electron chi connectivity index (χ0n) is 67.5. The average Bonchev–Trinajstić information content (AvgIpc) is 1.61. The third-order valence-electron chi connectivity index (χ3n) is 19.8. The number of rotatable bonds is 14. The van der Waals surface area contributed by atoms with Crippen molar-refractivity contribution < 1.29 is 29.7 Å². The van der Waals surface area contributed by atoms with Gasteiger partial charge in [0.2, 0.25) is 0 Å². The van der Waals surface area contributed by atoms with E-state index in [-0.39, 0.29) is 31.6 Å². The summed E-state index contributed by atoms with van der Waals surface area (Å²) in [6, 6.07) is 153. The van der Waals surface area contributed by atoms with E-state index in [0.29, 0.717) is 10.3 Å². The molecule has 1 saturated heterocycles. The number of pyridine rings is 4. The van der Waals surface area contributed by atoms with Crippen molar-refractivity contribution in [2.45, 2.75) is 38.9 Å². The second-order valence-corrected chi connectivity index (χ2v) is 39.0. The minimum absolute atomic E-state index is 0. The largest absolute Gasteiger partial charge is 0.498 e. The SMILES string of the molecule is Brc1ccc2ccncc2c1.CC1(C)OB(c2cccnc2Cl)OC1(C)C.Clc1ncccc1-c1ccc2ccncc2c1.[Pd].c1ccc(P(c2ccccc2)c2ccccc2)cc1.c1ccc(P(c2ccccc2)c2ccccc2)cc1.c1ccc(P(c2ccccc2)c2ccccc2)cc1.c1ccc(P(c2ccccc2)c2ccccc2)cc1. The number of hydrogen-bond donors (Lipinski definition) is 0. The predicted octanol–water partition coefficient (Wildman–Crippen LogP) is 22.8. The molecule has 4 aromatic heterocycles. The van der Waals surface area contributed by atoms with Crippen molar-refractivity contribution in [1.29, 1.82) is 0 Å². The molecule has 14 aromatic carbocycles. The monoisotopic (exact) mass is 1840 g/mol. The summed E-state index contributed by atoms with van der Waals surface area (Å²) in [6.07, 6.45) is 10.6. The normalized spacial score (nSPS) is 12.0. The molecular weight excluding hydrogens is 1750 g/mol. The first-order valence-corrected chi connectivity index (χ1v) is 46.5. The zero-order valence-corrected chi connectivity index (χ0v) is 75.7. The molecule has 0 spiro atoms. The van der Waals surface area contributed by atoms with Crippen LogP contribution in [0.25, 0.3) is 32.7 Å². The van der Waals surface area contributed by atoms with E-state index in [4.69, 9.17) is 32.5 Å². The summed E-state index contributed by atoms with van der Waals surface area (Å²) in [5, 5.41) is 22.4. The van der Waals surface area contributed by atoms with E-state index in [1.54, 1.807) is 24.8 Å². The fourth-order valence-electron chi connectivity index (χ4n) is 13.2. The molecule has 0 aliphatic carbocycles. The van der Waals surface area contributed by atoms with E-state index in [1.165, 1.54) is 79.8 Å². The van der Waals surface area contributed by atoms with Gasteiger partial charge < -0.3 is 9.31 Å². The molecule has 121 heavy (non-hydrogen) atoms. The molecule has 5 heterocycles. The van der Waals surface area contributed by atoms with Gasteiger partial charge in [0.05, 0.1) is 11.2 Å². The van der Waals surface area contributed by atoms with Crippen molar-refractivity contribution in [3.05, 3.63) is 489 Å². The fourth-order valence-corrected chi connectivity index (χ4v) is 23.2. The summed E-state index contributed by atoms with van der Waals surface area (Å²) in [4.78, 5) is 16.3. The summed E-state index contributed by atoms with van der Waals surface area (Å²) in [5.41, 5.74) is 2.08. The van der Waals surface area contributed by atoms with Gasteiger partial charge in [-0.25, -0.2) is 9.97 Å². The number of fused-ring (bicyclic) bond motifs is 2. The molecule has 0 amide bonds. The first kappa shape index (κ1) is 89.9. The fraction of sp³-hybridized carbons (Fsp3) is 0.0566. The van der Waals surface area contributed by atoms with Gasteiger partial charge in [0, 0.05) is 83.9 Å². The molecule has 19 rings (SSSR count). The topological polar surface area (TPSA) is 70.0 Å². The van der Waals surface area contributed by atoms with Crippen LogP contribution in [0.4, 0.5) is 0 Å². The second kappa shape index (κ2) is 46.6. The van der Waals surface area contributed by atoms with Crippen LogP contribution in [-0.2, 0) is 29.7 Å².